The average Bonchev–Trinajstić information content (AvgIpc) is 2.72. The predicted octanol–water partition coefficient (Wildman–Crippen LogP) is 5.40. The van der Waals surface area contributed by atoms with Gasteiger partial charge in [-0.25, -0.2) is 0 Å². The minimum Gasteiger partial charge on any atom is -0.371 e. The van der Waals surface area contributed by atoms with E-state index < -0.39 is 0 Å². The van der Waals surface area contributed by atoms with E-state index in [9.17, 15) is 0 Å². The highest BCUT2D eigenvalue weighted by Crippen LogP contribution is 2.31. The van der Waals surface area contributed by atoms with E-state index in [-0.39, 0.29) is 0 Å². The molecule has 0 saturated heterocycles. The SMILES string of the molecule is CCC(C)N(C)c1c(C=Nc2ccccc2)ccc2ccccc12.CN. The van der Waals surface area contributed by atoms with E-state index in [4.69, 9.17) is 0 Å². The zero-order valence-corrected chi connectivity index (χ0v) is 16.2. The Morgan fingerprint density at radius 1 is 0.962 bits per heavy atom. The topological polar surface area (TPSA) is 41.6 Å². The average molecular weight is 348 g/mol. The van der Waals surface area contributed by atoms with Crippen LogP contribution in [0.15, 0.2) is 71.7 Å². The van der Waals surface area contributed by atoms with Crippen molar-refractivity contribution in [2.45, 2.75) is 26.3 Å². The fraction of sp³-hybridized carbons (Fsp3) is 0.261. The van der Waals surface area contributed by atoms with Crippen LogP contribution in [0.25, 0.3) is 10.8 Å². The van der Waals surface area contributed by atoms with Crippen LogP contribution in [0, 0.1) is 0 Å². The van der Waals surface area contributed by atoms with Crippen LogP contribution in [0.4, 0.5) is 11.4 Å². The van der Waals surface area contributed by atoms with Crippen LogP contribution in [0.5, 0.6) is 0 Å². The third kappa shape index (κ3) is 4.50. The predicted molar refractivity (Wildman–Crippen MR) is 116 cm³/mol. The van der Waals surface area contributed by atoms with Gasteiger partial charge in [-0.05, 0) is 37.9 Å². The molecule has 3 aromatic rings. The molecule has 0 aliphatic rings. The summed E-state index contributed by atoms with van der Waals surface area (Å²) < 4.78 is 0. The molecule has 0 heterocycles. The van der Waals surface area contributed by atoms with Crippen molar-refractivity contribution < 1.29 is 0 Å². The first kappa shape index (κ1) is 19.7. The molecule has 0 saturated carbocycles. The van der Waals surface area contributed by atoms with Gasteiger partial charge in [-0.15, -0.1) is 0 Å². The van der Waals surface area contributed by atoms with Gasteiger partial charge in [0.25, 0.3) is 0 Å². The van der Waals surface area contributed by atoms with Crippen LogP contribution in [-0.2, 0) is 0 Å². The lowest BCUT2D eigenvalue weighted by atomic mass is 10.0. The normalized spacial score (nSPS) is 11.9. The van der Waals surface area contributed by atoms with Gasteiger partial charge in [0.2, 0.25) is 0 Å². The van der Waals surface area contributed by atoms with Gasteiger partial charge < -0.3 is 10.6 Å². The number of hydrogen-bond donors (Lipinski definition) is 1. The van der Waals surface area contributed by atoms with E-state index in [2.05, 4.69) is 72.9 Å². The Hall–Kier alpha value is -2.65. The fourth-order valence-corrected chi connectivity index (χ4v) is 2.92. The van der Waals surface area contributed by atoms with E-state index in [1.165, 1.54) is 23.5 Å². The maximum Gasteiger partial charge on any atom is 0.0629 e. The molecule has 0 aromatic heterocycles. The summed E-state index contributed by atoms with van der Waals surface area (Å²) in [7, 11) is 3.68. The number of para-hydroxylation sites is 1. The molecular weight excluding hydrogens is 318 g/mol. The van der Waals surface area contributed by atoms with Gasteiger partial charge in [-0.2, -0.15) is 0 Å². The third-order valence-corrected chi connectivity index (χ3v) is 4.65. The first-order valence-corrected chi connectivity index (χ1v) is 9.12. The van der Waals surface area contributed by atoms with Crippen molar-refractivity contribution in [2.75, 3.05) is 19.0 Å². The van der Waals surface area contributed by atoms with Gasteiger partial charge in [-0.3, -0.25) is 4.99 Å². The van der Waals surface area contributed by atoms with Crippen LogP contribution in [0.1, 0.15) is 25.8 Å². The van der Waals surface area contributed by atoms with Crippen LogP contribution in [0.2, 0.25) is 0 Å². The first-order chi connectivity index (χ1) is 12.7. The number of aliphatic imine (C=N–C) groups is 1. The lowest BCUT2D eigenvalue weighted by Crippen LogP contribution is -2.29. The van der Waals surface area contributed by atoms with E-state index in [1.54, 1.807) is 0 Å². The van der Waals surface area contributed by atoms with Crippen molar-refractivity contribution in [2.24, 2.45) is 10.7 Å². The molecule has 0 fully saturated rings. The van der Waals surface area contributed by atoms with Gasteiger partial charge in [0, 0.05) is 30.3 Å². The summed E-state index contributed by atoms with van der Waals surface area (Å²) in [5, 5.41) is 2.54. The molecule has 2 N–H and O–H groups in total. The summed E-state index contributed by atoms with van der Waals surface area (Å²) in [6.45, 7) is 4.49. The maximum absolute atomic E-state index is 4.66. The fourth-order valence-electron chi connectivity index (χ4n) is 2.92. The number of benzene rings is 3. The number of nitrogens with zero attached hydrogens (tertiary/aromatic N) is 2. The highest BCUT2D eigenvalue weighted by Gasteiger charge is 2.14. The molecule has 26 heavy (non-hydrogen) atoms. The second-order valence-corrected chi connectivity index (χ2v) is 6.19. The number of nitrogens with two attached hydrogens (primary N) is 1. The van der Waals surface area contributed by atoms with Crippen LogP contribution >= 0.6 is 0 Å². The van der Waals surface area contributed by atoms with Crippen molar-refractivity contribution in [3.8, 4) is 0 Å². The Labute approximate surface area is 157 Å². The van der Waals surface area contributed by atoms with Gasteiger partial charge >= 0.3 is 0 Å². The largest absolute Gasteiger partial charge is 0.371 e. The number of fused-ring (bicyclic) bond motifs is 1. The molecule has 0 bridgehead atoms. The van der Waals surface area contributed by atoms with Crippen molar-refractivity contribution in [1.29, 1.82) is 0 Å². The molecule has 3 rings (SSSR count). The minimum absolute atomic E-state index is 0.472. The summed E-state index contributed by atoms with van der Waals surface area (Å²) in [5.41, 5.74) is 7.88. The molecule has 3 heteroatoms. The monoisotopic (exact) mass is 347 g/mol. The Balaban J connectivity index is 0.00000117. The number of hydrogen-bond acceptors (Lipinski definition) is 3. The van der Waals surface area contributed by atoms with Crippen LogP contribution in [-0.4, -0.2) is 26.4 Å². The smallest absolute Gasteiger partial charge is 0.0629 e. The van der Waals surface area contributed by atoms with Gasteiger partial charge in [0.05, 0.1) is 11.4 Å². The molecule has 0 spiro atoms. The summed E-state index contributed by atoms with van der Waals surface area (Å²) >= 11 is 0. The Morgan fingerprint density at radius 3 is 2.31 bits per heavy atom. The van der Waals surface area contributed by atoms with Crippen molar-refractivity contribution >= 4 is 28.4 Å². The molecule has 3 nitrogen and oxygen atoms in total. The summed E-state index contributed by atoms with van der Waals surface area (Å²) in [4.78, 5) is 7.03. The van der Waals surface area contributed by atoms with E-state index in [0.29, 0.717) is 6.04 Å². The zero-order valence-electron chi connectivity index (χ0n) is 16.2. The number of rotatable bonds is 5. The lowest BCUT2D eigenvalue weighted by Gasteiger charge is -2.29. The zero-order chi connectivity index (χ0) is 18.9. The molecule has 0 amide bonds. The Kier molecular flexibility index (Phi) is 7.37. The number of anilines is 1. The molecule has 0 aliphatic heterocycles. The third-order valence-electron chi connectivity index (χ3n) is 4.65. The molecule has 0 radical (unpaired) electrons. The molecular formula is C23H29N3. The van der Waals surface area contributed by atoms with Gasteiger partial charge in [0.1, 0.15) is 0 Å². The highest BCUT2D eigenvalue weighted by atomic mass is 15.1. The van der Waals surface area contributed by atoms with Crippen molar-refractivity contribution in [3.05, 3.63) is 72.3 Å². The van der Waals surface area contributed by atoms with E-state index in [1.807, 2.05) is 36.5 Å². The Morgan fingerprint density at radius 2 is 1.62 bits per heavy atom. The second-order valence-electron chi connectivity index (χ2n) is 6.19. The summed E-state index contributed by atoms with van der Waals surface area (Å²) in [5.74, 6) is 0. The van der Waals surface area contributed by atoms with E-state index in [0.717, 1.165) is 17.7 Å². The van der Waals surface area contributed by atoms with Crippen LogP contribution < -0.4 is 10.6 Å². The lowest BCUT2D eigenvalue weighted by molar-refractivity contribution is 0.665. The first-order valence-electron chi connectivity index (χ1n) is 9.12. The highest BCUT2D eigenvalue weighted by molar-refractivity contribution is 6.04. The van der Waals surface area contributed by atoms with Crippen LogP contribution in [0.3, 0.4) is 0 Å². The molecule has 1 unspecified atom stereocenters. The van der Waals surface area contributed by atoms with E-state index >= 15 is 0 Å². The maximum atomic E-state index is 4.66. The van der Waals surface area contributed by atoms with Crippen molar-refractivity contribution in [3.63, 3.8) is 0 Å². The quantitative estimate of drug-likeness (QED) is 0.628. The van der Waals surface area contributed by atoms with Crippen molar-refractivity contribution in [1.82, 2.24) is 0 Å². The van der Waals surface area contributed by atoms with Gasteiger partial charge in [0.15, 0.2) is 0 Å². The molecule has 0 aliphatic carbocycles. The molecule has 3 aromatic carbocycles. The van der Waals surface area contributed by atoms with Gasteiger partial charge in [-0.1, -0.05) is 61.5 Å². The molecule has 136 valence electrons. The second kappa shape index (κ2) is 9.73. The summed E-state index contributed by atoms with van der Waals surface area (Å²) in [6, 6.07) is 23.5. The molecule has 1 atom stereocenters. The standard InChI is InChI=1S/C22H24N2.CH5N/c1-4-17(2)24(3)22-19(16-23-20-11-6-5-7-12-20)15-14-18-10-8-9-13-21(18)22;1-2/h5-17H,4H2,1-3H3;2H2,1H3. The Bertz CT molecular complexity index is 840. The minimum atomic E-state index is 0.472. The summed E-state index contributed by atoms with van der Waals surface area (Å²) in [6.07, 6.45) is 3.09.